The Morgan fingerprint density at radius 2 is 1.88 bits per heavy atom. The van der Waals surface area contributed by atoms with Crippen LogP contribution in [0.3, 0.4) is 0 Å². The van der Waals surface area contributed by atoms with Gasteiger partial charge >= 0.3 is 20.2 Å². The third-order valence-electron chi connectivity index (χ3n) is 4.29. The van der Waals surface area contributed by atoms with E-state index in [0.29, 0.717) is 12.2 Å². The molecule has 176 valence electrons. The summed E-state index contributed by atoms with van der Waals surface area (Å²) in [4.78, 5) is 37.4. The Labute approximate surface area is 187 Å². The van der Waals surface area contributed by atoms with Crippen LogP contribution in [0, 0.1) is 0 Å². The van der Waals surface area contributed by atoms with E-state index in [1.165, 1.54) is 16.8 Å². The number of rotatable bonds is 13. The van der Waals surface area contributed by atoms with Crippen molar-refractivity contribution in [3.63, 3.8) is 0 Å². The summed E-state index contributed by atoms with van der Waals surface area (Å²) in [5.74, 6) is 0.174. The van der Waals surface area contributed by atoms with Crippen molar-refractivity contribution in [3.8, 4) is 5.75 Å². The molecule has 2 N–H and O–H groups in total. The van der Waals surface area contributed by atoms with Gasteiger partial charge in [0, 0.05) is 25.4 Å². The molecule has 32 heavy (non-hydrogen) atoms. The van der Waals surface area contributed by atoms with Gasteiger partial charge in [-0.3, -0.25) is 19.1 Å². The van der Waals surface area contributed by atoms with Gasteiger partial charge in [-0.25, -0.2) is 9.88 Å². The predicted molar refractivity (Wildman–Crippen MR) is 121 cm³/mol. The largest absolute Gasteiger partial charge is 0.462 e. The van der Waals surface area contributed by atoms with Crippen molar-refractivity contribution in [1.29, 1.82) is 0 Å². The maximum absolute atomic E-state index is 12.0. The van der Waals surface area contributed by atoms with E-state index in [0.717, 1.165) is 0 Å². The van der Waals surface area contributed by atoms with Crippen LogP contribution in [0.25, 0.3) is 0 Å². The standard InChI is InChI=1S/C21H30N3O7P/c1-15(2)30-20(26)13-22-32(31-17-8-6-5-7-9-17)29-14-18(28-4)12-16(3)24-11-10-19(25)23-21(24)27/h5-11,15-16,18,22H,12-14H2,1-4H3,(H,23,25,27)/t16-,18-,32?/m0/s1. The zero-order valence-corrected chi connectivity index (χ0v) is 19.5. The summed E-state index contributed by atoms with van der Waals surface area (Å²) in [6, 6.07) is 10.1. The van der Waals surface area contributed by atoms with E-state index in [-0.39, 0.29) is 31.4 Å². The highest BCUT2D eigenvalue weighted by molar-refractivity contribution is 7.45. The van der Waals surface area contributed by atoms with Gasteiger partial charge in [-0.2, -0.15) is 0 Å². The van der Waals surface area contributed by atoms with Gasteiger partial charge in [-0.15, -0.1) is 0 Å². The number of nitrogens with one attached hydrogen (secondary N) is 2. The lowest BCUT2D eigenvalue weighted by molar-refractivity contribution is -0.145. The summed E-state index contributed by atoms with van der Waals surface area (Å²) in [5.41, 5.74) is -0.934. The lowest BCUT2D eigenvalue weighted by Crippen LogP contribution is -2.33. The molecule has 11 heteroatoms. The fourth-order valence-corrected chi connectivity index (χ4v) is 3.85. The van der Waals surface area contributed by atoms with E-state index in [9.17, 15) is 14.4 Å². The van der Waals surface area contributed by atoms with Gasteiger partial charge in [0.1, 0.15) is 12.3 Å². The first-order valence-corrected chi connectivity index (χ1v) is 11.4. The maximum Gasteiger partial charge on any atom is 0.328 e. The van der Waals surface area contributed by atoms with Crippen molar-refractivity contribution in [1.82, 2.24) is 14.6 Å². The molecule has 2 rings (SSSR count). The summed E-state index contributed by atoms with van der Waals surface area (Å²) >= 11 is 0. The average Bonchev–Trinajstić information content (AvgIpc) is 2.74. The monoisotopic (exact) mass is 467 g/mol. The van der Waals surface area contributed by atoms with Gasteiger partial charge in [-0.1, -0.05) is 18.2 Å². The molecule has 0 saturated carbocycles. The molecule has 1 heterocycles. The second-order valence-corrected chi connectivity index (χ2v) is 8.56. The smallest absolute Gasteiger partial charge is 0.328 e. The molecule has 1 unspecified atom stereocenters. The number of carbonyl (C=O) groups excluding carboxylic acids is 1. The fraction of sp³-hybridized carbons (Fsp3) is 0.476. The van der Waals surface area contributed by atoms with Crippen molar-refractivity contribution in [2.24, 2.45) is 0 Å². The maximum atomic E-state index is 12.0. The van der Waals surface area contributed by atoms with E-state index in [1.807, 2.05) is 25.1 Å². The molecular formula is C21H30N3O7P. The number of benzene rings is 1. The van der Waals surface area contributed by atoms with Crippen LogP contribution in [-0.2, 0) is 18.8 Å². The van der Waals surface area contributed by atoms with Crippen LogP contribution in [0.4, 0.5) is 0 Å². The third kappa shape index (κ3) is 8.92. The Balaban J connectivity index is 1.98. The van der Waals surface area contributed by atoms with Gasteiger partial charge in [0.2, 0.25) is 0 Å². The summed E-state index contributed by atoms with van der Waals surface area (Å²) in [5, 5.41) is 2.95. The third-order valence-corrected chi connectivity index (χ3v) is 5.47. The van der Waals surface area contributed by atoms with Crippen LogP contribution in [0.15, 0.2) is 52.2 Å². The van der Waals surface area contributed by atoms with Crippen molar-refractivity contribution in [2.45, 2.75) is 45.4 Å². The highest BCUT2D eigenvalue weighted by Crippen LogP contribution is 2.35. The zero-order chi connectivity index (χ0) is 23.5. The molecule has 0 radical (unpaired) electrons. The molecule has 10 nitrogen and oxygen atoms in total. The number of methoxy groups -OCH3 is 1. The predicted octanol–water partition coefficient (Wildman–Crippen LogP) is 2.37. The first kappa shape index (κ1) is 25.7. The molecule has 0 fully saturated rings. The molecule has 1 aromatic heterocycles. The summed E-state index contributed by atoms with van der Waals surface area (Å²) < 4.78 is 23.8. The summed E-state index contributed by atoms with van der Waals surface area (Å²) in [7, 11) is -0.124. The summed E-state index contributed by atoms with van der Waals surface area (Å²) in [6.45, 7) is 5.47. The van der Waals surface area contributed by atoms with Gasteiger partial charge in [0.15, 0.2) is 0 Å². The average molecular weight is 467 g/mol. The van der Waals surface area contributed by atoms with Crippen LogP contribution in [0.2, 0.25) is 0 Å². The number of H-pyrrole nitrogens is 1. The van der Waals surface area contributed by atoms with Crippen molar-refractivity contribution < 1.29 is 23.3 Å². The van der Waals surface area contributed by atoms with Gasteiger partial charge in [0.05, 0.1) is 18.8 Å². The minimum Gasteiger partial charge on any atom is -0.462 e. The zero-order valence-electron chi connectivity index (χ0n) is 18.6. The molecule has 0 aliphatic rings. The van der Waals surface area contributed by atoms with Crippen LogP contribution in [-0.4, -0.2) is 48.0 Å². The second kappa shape index (κ2) is 13.1. The van der Waals surface area contributed by atoms with Crippen LogP contribution in [0.5, 0.6) is 5.75 Å². The van der Waals surface area contributed by atoms with E-state index >= 15 is 0 Å². The molecule has 0 amide bonds. The molecule has 0 aliphatic carbocycles. The van der Waals surface area contributed by atoms with Crippen LogP contribution >= 0.6 is 8.53 Å². The summed E-state index contributed by atoms with van der Waals surface area (Å²) in [6.07, 6.45) is 1.32. The van der Waals surface area contributed by atoms with E-state index in [1.54, 1.807) is 33.1 Å². The number of nitrogens with zero attached hydrogens (tertiary/aromatic N) is 1. The van der Waals surface area contributed by atoms with Crippen molar-refractivity contribution in [3.05, 3.63) is 63.4 Å². The number of aromatic nitrogens is 2. The minimum absolute atomic E-state index is 0.0719. The van der Waals surface area contributed by atoms with Crippen LogP contribution < -0.4 is 20.9 Å². The first-order valence-electron chi connectivity index (χ1n) is 10.2. The molecule has 3 atom stereocenters. The molecular weight excluding hydrogens is 437 g/mol. The Bertz CT molecular complexity index is 948. The Hall–Kier alpha value is -2.52. The number of hydrogen-bond acceptors (Lipinski definition) is 8. The minimum atomic E-state index is -1.67. The van der Waals surface area contributed by atoms with Gasteiger partial charge in [0.25, 0.3) is 5.56 Å². The molecule has 0 saturated heterocycles. The van der Waals surface area contributed by atoms with Crippen molar-refractivity contribution in [2.75, 3.05) is 20.3 Å². The van der Waals surface area contributed by atoms with Crippen LogP contribution in [0.1, 0.15) is 33.2 Å². The lowest BCUT2D eigenvalue weighted by Gasteiger charge is -2.24. The lowest BCUT2D eigenvalue weighted by atomic mass is 10.1. The fourth-order valence-electron chi connectivity index (χ4n) is 2.77. The first-order chi connectivity index (χ1) is 15.3. The van der Waals surface area contributed by atoms with Crippen molar-refractivity contribution >= 4 is 14.5 Å². The molecule has 0 spiro atoms. The number of esters is 1. The second-order valence-electron chi connectivity index (χ2n) is 7.29. The number of para-hydroxylation sites is 1. The SMILES string of the molecule is CO[C@H](COP(NCC(=O)OC(C)C)Oc1ccccc1)C[C@H](C)n1ccc(=O)[nH]c1=O. The number of carbonyl (C=O) groups is 1. The Kier molecular flexibility index (Phi) is 10.6. The quantitative estimate of drug-likeness (QED) is 0.340. The Morgan fingerprint density at radius 3 is 2.50 bits per heavy atom. The Morgan fingerprint density at radius 1 is 1.16 bits per heavy atom. The van der Waals surface area contributed by atoms with Gasteiger partial charge in [-0.05, 0) is 39.3 Å². The normalized spacial score (nSPS) is 14.0. The number of ether oxygens (including phenoxy) is 2. The highest BCUT2D eigenvalue weighted by Gasteiger charge is 2.21. The van der Waals surface area contributed by atoms with Gasteiger partial charge < -0.3 is 18.5 Å². The highest BCUT2D eigenvalue weighted by atomic mass is 31.2. The van der Waals surface area contributed by atoms with E-state index in [4.69, 9.17) is 18.5 Å². The molecule has 2 aromatic rings. The topological polar surface area (TPSA) is 121 Å². The van der Waals surface area contributed by atoms with E-state index < -0.39 is 25.7 Å². The molecule has 1 aromatic carbocycles. The molecule has 0 bridgehead atoms. The number of aromatic amines is 1. The van der Waals surface area contributed by atoms with E-state index in [2.05, 4.69) is 10.1 Å². The molecule has 0 aliphatic heterocycles. The number of hydrogen-bond donors (Lipinski definition) is 2.